The topological polar surface area (TPSA) is 26.3 Å². The van der Waals surface area contributed by atoms with Crippen LogP contribution in [0.1, 0.15) is 71.1 Å². The summed E-state index contributed by atoms with van der Waals surface area (Å²) in [6, 6.07) is 31.1. The maximum absolute atomic E-state index is 13.9. The highest BCUT2D eigenvalue weighted by molar-refractivity contribution is 7.97. The van der Waals surface area contributed by atoms with Crippen molar-refractivity contribution in [3.63, 3.8) is 0 Å². The molecule has 0 unspecified atom stereocenters. The molecule has 5 aromatic rings. The molecule has 2 nitrogen and oxygen atoms in total. The van der Waals surface area contributed by atoms with Crippen molar-refractivity contribution < 1.29 is 4.74 Å². The predicted molar refractivity (Wildman–Crippen MR) is 183 cm³/mol. The Morgan fingerprint density at radius 2 is 1.29 bits per heavy atom. The van der Waals surface area contributed by atoms with Gasteiger partial charge in [-0.05, 0) is 55.0 Å². The fourth-order valence-corrected chi connectivity index (χ4v) is 8.97. The van der Waals surface area contributed by atoms with Crippen molar-refractivity contribution >= 4 is 54.0 Å². The molecule has 42 heavy (non-hydrogen) atoms. The van der Waals surface area contributed by atoms with Gasteiger partial charge in [0.2, 0.25) is 0 Å². The largest absolute Gasteiger partial charge is 0.492 e. The summed E-state index contributed by atoms with van der Waals surface area (Å²) < 4.78 is 8.03. The van der Waals surface area contributed by atoms with Gasteiger partial charge in [-0.25, -0.2) is 0 Å². The van der Waals surface area contributed by atoms with Crippen LogP contribution in [-0.4, -0.2) is 6.61 Å². The first-order valence-corrected chi connectivity index (χ1v) is 17.8. The highest BCUT2D eigenvalue weighted by atomic mass is 35.5. The fraction of sp³-hybridized carbons (Fsp3) is 0.324. The van der Waals surface area contributed by atoms with Crippen LogP contribution in [0, 0.1) is 0 Å². The molecule has 0 atom stereocenters. The Bertz CT molecular complexity index is 1590. The zero-order valence-electron chi connectivity index (χ0n) is 24.4. The number of hydrogen-bond acceptors (Lipinski definition) is 3. The van der Waals surface area contributed by atoms with E-state index in [0.29, 0.717) is 22.4 Å². The minimum atomic E-state index is -0.326. The third-order valence-electron chi connectivity index (χ3n) is 7.65. The number of halogens is 1. The molecule has 1 aromatic heterocycles. The van der Waals surface area contributed by atoms with Gasteiger partial charge >= 0.3 is 0 Å². The standard InChI is InChI=1S/C37H40ClO2S2/c1-2-3-4-5-6-7-8-9-10-17-26-40-33-24-23-32(38)35-36(39)31-27-30(22-25-34(31)41-37(33)35)42(28-18-13-11-14-19-28)29-20-15-12-16-21-29/h11-16,18-25,27H,2-10,17,26H2,1H3/q+1. The van der Waals surface area contributed by atoms with Gasteiger partial charge in [0.05, 0.1) is 32.6 Å². The van der Waals surface area contributed by atoms with Gasteiger partial charge in [0, 0.05) is 16.2 Å². The first kappa shape index (κ1) is 30.7. The highest BCUT2D eigenvalue weighted by Crippen LogP contribution is 2.38. The maximum Gasteiger partial charge on any atom is 0.197 e. The summed E-state index contributed by atoms with van der Waals surface area (Å²) in [5, 5.41) is 1.75. The lowest BCUT2D eigenvalue weighted by Gasteiger charge is -2.12. The van der Waals surface area contributed by atoms with Crippen molar-refractivity contribution in [2.45, 2.75) is 85.8 Å². The number of benzene rings is 4. The summed E-state index contributed by atoms with van der Waals surface area (Å²) in [6.07, 6.45) is 12.9. The van der Waals surface area contributed by atoms with E-state index >= 15 is 0 Å². The van der Waals surface area contributed by atoms with Crippen LogP contribution in [0.2, 0.25) is 5.02 Å². The Hall–Kier alpha value is -2.79. The summed E-state index contributed by atoms with van der Waals surface area (Å²) in [4.78, 5) is 17.5. The molecule has 0 saturated carbocycles. The van der Waals surface area contributed by atoms with Gasteiger partial charge in [0.15, 0.2) is 20.1 Å². The van der Waals surface area contributed by atoms with Gasteiger partial charge in [0.1, 0.15) is 5.75 Å². The van der Waals surface area contributed by atoms with E-state index in [0.717, 1.165) is 26.5 Å². The molecule has 5 rings (SSSR count). The molecule has 5 heteroatoms. The van der Waals surface area contributed by atoms with Crippen molar-refractivity contribution in [3.05, 3.63) is 106 Å². The molecule has 0 N–H and O–H groups in total. The average molecular weight is 616 g/mol. The van der Waals surface area contributed by atoms with Crippen molar-refractivity contribution in [3.8, 4) is 5.75 Å². The Balaban J connectivity index is 1.34. The molecular weight excluding hydrogens is 576 g/mol. The predicted octanol–water partition coefficient (Wildman–Crippen LogP) is 11.5. The Labute approximate surface area is 262 Å². The fourth-order valence-electron chi connectivity index (χ4n) is 5.41. The molecular formula is C37H40ClO2S2+. The average Bonchev–Trinajstić information content (AvgIpc) is 3.02. The number of unbranched alkanes of at least 4 members (excludes halogenated alkanes) is 9. The van der Waals surface area contributed by atoms with Crippen LogP contribution in [-0.2, 0) is 10.9 Å². The number of hydrogen-bond donors (Lipinski definition) is 0. The minimum Gasteiger partial charge on any atom is -0.492 e. The molecule has 0 aliphatic carbocycles. The SMILES string of the molecule is CCCCCCCCCCCCOc1ccc(Cl)c2c(=O)c3cc([S+](c4ccccc4)c4ccccc4)ccc3sc12. The molecule has 0 radical (unpaired) electrons. The van der Waals surface area contributed by atoms with Crippen molar-refractivity contribution in [1.82, 2.24) is 0 Å². The van der Waals surface area contributed by atoms with Crippen LogP contribution < -0.4 is 10.2 Å². The normalized spacial score (nSPS) is 11.5. The monoisotopic (exact) mass is 615 g/mol. The zero-order valence-corrected chi connectivity index (χ0v) is 26.8. The van der Waals surface area contributed by atoms with Crippen LogP contribution in [0.25, 0.3) is 20.2 Å². The molecule has 0 spiro atoms. The van der Waals surface area contributed by atoms with Crippen LogP contribution in [0.4, 0.5) is 0 Å². The van der Waals surface area contributed by atoms with Crippen molar-refractivity contribution in [1.29, 1.82) is 0 Å². The molecule has 1 heterocycles. The van der Waals surface area contributed by atoms with Crippen LogP contribution >= 0.6 is 22.9 Å². The van der Waals surface area contributed by atoms with E-state index < -0.39 is 0 Å². The summed E-state index contributed by atoms with van der Waals surface area (Å²) in [5.41, 5.74) is -0.0281. The van der Waals surface area contributed by atoms with Gasteiger partial charge < -0.3 is 4.74 Å². The molecule has 218 valence electrons. The molecule has 0 fully saturated rings. The van der Waals surface area contributed by atoms with E-state index in [2.05, 4.69) is 73.7 Å². The Morgan fingerprint density at radius 3 is 1.90 bits per heavy atom. The lowest BCUT2D eigenvalue weighted by atomic mass is 10.1. The molecule has 0 amide bonds. The van der Waals surface area contributed by atoms with Crippen LogP contribution in [0.3, 0.4) is 0 Å². The first-order chi connectivity index (χ1) is 20.7. The lowest BCUT2D eigenvalue weighted by molar-refractivity contribution is 0.308. The molecule has 0 saturated heterocycles. The Kier molecular flexibility index (Phi) is 11.4. The van der Waals surface area contributed by atoms with Gasteiger partial charge in [-0.1, -0.05) is 113 Å². The summed E-state index contributed by atoms with van der Waals surface area (Å²) in [5.74, 6) is 0.756. The van der Waals surface area contributed by atoms with Crippen LogP contribution in [0.15, 0.2) is 110 Å². The summed E-state index contributed by atoms with van der Waals surface area (Å²) in [6.45, 7) is 2.92. The molecule has 0 aliphatic rings. The van der Waals surface area contributed by atoms with E-state index in [4.69, 9.17) is 16.3 Å². The Morgan fingerprint density at radius 1 is 0.690 bits per heavy atom. The summed E-state index contributed by atoms with van der Waals surface area (Å²) in [7, 11) is -0.326. The third kappa shape index (κ3) is 7.58. The number of fused-ring (bicyclic) bond motifs is 2. The van der Waals surface area contributed by atoms with E-state index in [9.17, 15) is 4.79 Å². The number of rotatable bonds is 15. The van der Waals surface area contributed by atoms with Gasteiger partial charge in [-0.15, -0.1) is 11.3 Å². The highest BCUT2D eigenvalue weighted by Gasteiger charge is 2.29. The second kappa shape index (κ2) is 15.6. The van der Waals surface area contributed by atoms with E-state index in [1.807, 2.05) is 18.2 Å². The van der Waals surface area contributed by atoms with Crippen LogP contribution in [0.5, 0.6) is 5.75 Å². The summed E-state index contributed by atoms with van der Waals surface area (Å²) >= 11 is 8.25. The lowest BCUT2D eigenvalue weighted by Crippen LogP contribution is -2.07. The van der Waals surface area contributed by atoms with E-state index in [1.165, 1.54) is 67.6 Å². The van der Waals surface area contributed by atoms with Gasteiger partial charge in [-0.3, -0.25) is 4.79 Å². The second-order valence-electron chi connectivity index (χ2n) is 10.8. The second-order valence-corrected chi connectivity index (χ2v) is 14.3. The molecule has 0 bridgehead atoms. The van der Waals surface area contributed by atoms with E-state index in [1.54, 1.807) is 17.4 Å². The quantitative estimate of drug-likeness (QED) is 0.0665. The maximum atomic E-state index is 13.9. The first-order valence-electron chi connectivity index (χ1n) is 15.3. The smallest absolute Gasteiger partial charge is 0.197 e. The van der Waals surface area contributed by atoms with E-state index in [-0.39, 0.29) is 16.3 Å². The van der Waals surface area contributed by atoms with Gasteiger partial charge in [-0.2, -0.15) is 0 Å². The van der Waals surface area contributed by atoms with Gasteiger partial charge in [0.25, 0.3) is 0 Å². The molecule has 4 aromatic carbocycles. The number of ether oxygens (including phenoxy) is 1. The van der Waals surface area contributed by atoms with Crippen molar-refractivity contribution in [2.24, 2.45) is 0 Å². The van der Waals surface area contributed by atoms with Crippen molar-refractivity contribution in [2.75, 3.05) is 6.61 Å². The zero-order chi connectivity index (χ0) is 29.1. The third-order valence-corrected chi connectivity index (χ3v) is 11.4. The molecule has 0 aliphatic heterocycles. The minimum absolute atomic E-state index is 0.0281.